The molecule has 0 aliphatic heterocycles. The molecular formula is C18H21Cl2N3O3. The largest absolute Gasteiger partial charge is 0.448 e. The van der Waals surface area contributed by atoms with Gasteiger partial charge in [-0.15, -0.1) is 0 Å². The number of carbonyl (C=O) groups excluding carboxylic acids is 2. The lowest BCUT2D eigenvalue weighted by Gasteiger charge is -2.19. The van der Waals surface area contributed by atoms with Gasteiger partial charge in [0.05, 0.1) is 6.04 Å². The Morgan fingerprint density at radius 2 is 2.00 bits per heavy atom. The Labute approximate surface area is 162 Å². The molecule has 26 heavy (non-hydrogen) atoms. The molecule has 2 aromatic rings. The van der Waals surface area contributed by atoms with Gasteiger partial charge in [-0.3, -0.25) is 9.89 Å². The van der Waals surface area contributed by atoms with Crippen LogP contribution in [-0.4, -0.2) is 28.2 Å². The van der Waals surface area contributed by atoms with E-state index in [0.29, 0.717) is 10.0 Å². The summed E-state index contributed by atoms with van der Waals surface area (Å²) < 4.78 is 5.19. The number of aromatic amines is 1. The van der Waals surface area contributed by atoms with Gasteiger partial charge < -0.3 is 10.1 Å². The summed E-state index contributed by atoms with van der Waals surface area (Å²) in [5.74, 6) is -1.08. The first-order valence-electron chi connectivity index (χ1n) is 8.32. The Morgan fingerprint density at radius 1 is 1.27 bits per heavy atom. The van der Waals surface area contributed by atoms with Gasteiger partial charge in [-0.2, -0.15) is 5.10 Å². The Kier molecular flexibility index (Phi) is 7.06. The van der Waals surface area contributed by atoms with Crippen molar-refractivity contribution in [3.8, 4) is 0 Å². The average molecular weight is 398 g/mol. The minimum absolute atomic E-state index is 0.155. The van der Waals surface area contributed by atoms with Crippen molar-refractivity contribution in [3.63, 3.8) is 0 Å². The van der Waals surface area contributed by atoms with Crippen LogP contribution in [0.4, 0.5) is 0 Å². The van der Waals surface area contributed by atoms with Crippen molar-refractivity contribution in [2.75, 3.05) is 0 Å². The number of H-pyrrole nitrogens is 1. The van der Waals surface area contributed by atoms with Gasteiger partial charge in [-0.1, -0.05) is 42.6 Å². The number of carbonyl (C=O) groups is 2. The summed E-state index contributed by atoms with van der Waals surface area (Å²) in [6.45, 7) is 5.31. The number of rotatable bonds is 7. The molecule has 1 amide bonds. The van der Waals surface area contributed by atoms with Gasteiger partial charge >= 0.3 is 5.97 Å². The van der Waals surface area contributed by atoms with Gasteiger partial charge in [0.1, 0.15) is 0 Å². The number of benzene rings is 1. The molecule has 0 aliphatic carbocycles. The number of nitrogens with one attached hydrogen (secondary N) is 2. The van der Waals surface area contributed by atoms with E-state index in [0.717, 1.165) is 24.1 Å². The van der Waals surface area contributed by atoms with Crippen molar-refractivity contribution in [2.45, 2.75) is 45.8 Å². The predicted molar refractivity (Wildman–Crippen MR) is 100 cm³/mol. The number of hydrogen-bond donors (Lipinski definition) is 2. The molecule has 0 bridgehead atoms. The molecule has 0 radical (unpaired) electrons. The SMILES string of the molecule is CCCc1cc(C(=O)OC(C)C(=O)NC(C)c2ccc(Cl)cc2Cl)n[nH]1. The topological polar surface area (TPSA) is 84.1 Å². The van der Waals surface area contributed by atoms with E-state index >= 15 is 0 Å². The Morgan fingerprint density at radius 3 is 2.65 bits per heavy atom. The number of nitrogens with zero attached hydrogens (tertiary/aromatic N) is 1. The molecule has 140 valence electrons. The molecule has 0 fully saturated rings. The lowest BCUT2D eigenvalue weighted by atomic mass is 10.1. The van der Waals surface area contributed by atoms with Crippen molar-refractivity contribution < 1.29 is 14.3 Å². The normalized spacial score (nSPS) is 13.1. The average Bonchev–Trinajstić information content (AvgIpc) is 3.03. The first-order chi connectivity index (χ1) is 12.3. The van der Waals surface area contributed by atoms with Crippen LogP contribution in [0.2, 0.25) is 10.0 Å². The monoisotopic (exact) mass is 397 g/mol. The van der Waals surface area contributed by atoms with Gasteiger partial charge in [0.15, 0.2) is 11.8 Å². The maximum Gasteiger partial charge on any atom is 0.359 e. The zero-order chi connectivity index (χ0) is 19.3. The first kappa shape index (κ1) is 20.3. The predicted octanol–water partition coefficient (Wildman–Crippen LogP) is 4.09. The highest BCUT2D eigenvalue weighted by Crippen LogP contribution is 2.26. The zero-order valence-electron chi connectivity index (χ0n) is 14.8. The van der Waals surface area contributed by atoms with Crippen LogP contribution < -0.4 is 5.32 Å². The van der Waals surface area contributed by atoms with Crippen molar-refractivity contribution in [1.29, 1.82) is 0 Å². The third-order valence-corrected chi connectivity index (χ3v) is 4.36. The Bertz CT molecular complexity index is 792. The van der Waals surface area contributed by atoms with E-state index < -0.39 is 18.0 Å². The minimum Gasteiger partial charge on any atom is -0.448 e. The number of aryl methyl sites for hydroxylation is 1. The lowest BCUT2D eigenvalue weighted by molar-refractivity contribution is -0.129. The summed E-state index contributed by atoms with van der Waals surface area (Å²) in [5.41, 5.74) is 1.73. The van der Waals surface area contributed by atoms with Crippen molar-refractivity contribution in [3.05, 3.63) is 51.3 Å². The number of aromatic nitrogens is 2. The van der Waals surface area contributed by atoms with Crippen LogP contribution in [0.1, 0.15) is 55.0 Å². The Balaban J connectivity index is 1.94. The highest BCUT2D eigenvalue weighted by molar-refractivity contribution is 6.35. The number of ether oxygens (including phenoxy) is 1. The third-order valence-electron chi connectivity index (χ3n) is 3.80. The summed E-state index contributed by atoms with van der Waals surface area (Å²) in [4.78, 5) is 24.4. The van der Waals surface area contributed by atoms with E-state index in [4.69, 9.17) is 27.9 Å². The summed E-state index contributed by atoms with van der Waals surface area (Å²) in [5, 5.41) is 10.4. The van der Waals surface area contributed by atoms with E-state index in [9.17, 15) is 9.59 Å². The van der Waals surface area contributed by atoms with E-state index in [1.165, 1.54) is 6.92 Å². The van der Waals surface area contributed by atoms with E-state index in [-0.39, 0.29) is 11.7 Å². The standard InChI is InChI=1S/C18H21Cl2N3O3/c1-4-5-13-9-16(23-22-13)18(25)26-11(3)17(24)21-10(2)14-7-6-12(19)8-15(14)20/h6-11H,4-5H2,1-3H3,(H,21,24)(H,22,23). The van der Waals surface area contributed by atoms with Gasteiger partial charge in [0.2, 0.25) is 0 Å². The van der Waals surface area contributed by atoms with E-state index in [1.54, 1.807) is 31.2 Å². The fraction of sp³-hybridized carbons (Fsp3) is 0.389. The second kappa shape index (κ2) is 9.05. The van der Waals surface area contributed by atoms with Crippen LogP contribution in [0.5, 0.6) is 0 Å². The summed E-state index contributed by atoms with van der Waals surface area (Å²) in [6.07, 6.45) is 0.749. The highest BCUT2D eigenvalue weighted by atomic mass is 35.5. The quantitative estimate of drug-likeness (QED) is 0.688. The summed E-state index contributed by atoms with van der Waals surface area (Å²) in [6, 6.07) is 6.31. The second-order valence-corrected chi connectivity index (χ2v) is 6.82. The molecule has 2 unspecified atom stereocenters. The van der Waals surface area contributed by atoms with Crippen LogP contribution in [0, 0.1) is 0 Å². The molecule has 2 N–H and O–H groups in total. The summed E-state index contributed by atoms with van der Waals surface area (Å²) >= 11 is 12.0. The molecule has 0 spiro atoms. The van der Waals surface area contributed by atoms with Crippen molar-refractivity contribution in [1.82, 2.24) is 15.5 Å². The van der Waals surface area contributed by atoms with Crippen LogP contribution >= 0.6 is 23.2 Å². The number of hydrogen-bond acceptors (Lipinski definition) is 4. The first-order valence-corrected chi connectivity index (χ1v) is 9.08. The van der Waals surface area contributed by atoms with Gasteiger partial charge in [0, 0.05) is 15.7 Å². The molecule has 1 aromatic carbocycles. The maximum atomic E-state index is 12.3. The third kappa shape index (κ3) is 5.22. The molecule has 2 rings (SSSR count). The van der Waals surface area contributed by atoms with E-state index in [1.807, 2.05) is 6.92 Å². The van der Waals surface area contributed by atoms with E-state index in [2.05, 4.69) is 15.5 Å². The molecule has 1 aromatic heterocycles. The molecule has 6 nitrogen and oxygen atoms in total. The van der Waals surface area contributed by atoms with Crippen LogP contribution in [-0.2, 0) is 16.0 Å². The molecule has 0 saturated carbocycles. The van der Waals surface area contributed by atoms with Gasteiger partial charge in [-0.25, -0.2) is 4.79 Å². The zero-order valence-corrected chi connectivity index (χ0v) is 16.3. The number of halogens is 2. The summed E-state index contributed by atoms with van der Waals surface area (Å²) in [7, 11) is 0. The van der Waals surface area contributed by atoms with Crippen LogP contribution in [0.3, 0.4) is 0 Å². The minimum atomic E-state index is -0.970. The lowest BCUT2D eigenvalue weighted by Crippen LogP contribution is -2.37. The molecule has 2 atom stereocenters. The highest BCUT2D eigenvalue weighted by Gasteiger charge is 2.23. The molecule has 8 heteroatoms. The molecule has 0 saturated heterocycles. The molecular weight excluding hydrogens is 377 g/mol. The Hall–Kier alpha value is -2.05. The number of esters is 1. The van der Waals surface area contributed by atoms with Crippen molar-refractivity contribution in [2.24, 2.45) is 0 Å². The van der Waals surface area contributed by atoms with Gasteiger partial charge in [0.25, 0.3) is 5.91 Å². The van der Waals surface area contributed by atoms with Crippen LogP contribution in [0.25, 0.3) is 0 Å². The molecule has 1 heterocycles. The van der Waals surface area contributed by atoms with Crippen LogP contribution in [0.15, 0.2) is 24.3 Å². The second-order valence-electron chi connectivity index (χ2n) is 5.97. The molecule has 0 aliphatic rings. The fourth-order valence-corrected chi connectivity index (χ4v) is 2.97. The maximum absolute atomic E-state index is 12.3. The van der Waals surface area contributed by atoms with Gasteiger partial charge in [-0.05, 0) is 44.0 Å². The smallest absolute Gasteiger partial charge is 0.359 e. The number of amides is 1. The van der Waals surface area contributed by atoms with Crippen molar-refractivity contribution >= 4 is 35.1 Å². The fourth-order valence-electron chi connectivity index (χ4n) is 2.40.